The van der Waals surface area contributed by atoms with Crippen molar-refractivity contribution in [2.24, 2.45) is 17.8 Å². The molecule has 2 N–H and O–H groups in total. The number of aromatic amines is 1. The van der Waals surface area contributed by atoms with Gasteiger partial charge in [-0.15, -0.1) is 0 Å². The summed E-state index contributed by atoms with van der Waals surface area (Å²) < 4.78 is 1.88. The number of fused-ring (bicyclic) bond motifs is 5. The SMILES string of the molecule is C[C@@H]1C[C@@H]2C[C@H](C1)C[C@@H](N1[C@@H]3CCC[C@H]1C[C@@H](n1c(=O)c(-c4cc(C(=O)O)c[nH]c4=O)nc4ccccc41)C3)C2. The molecule has 4 fully saturated rings. The molecule has 2 saturated carbocycles. The summed E-state index contributed by atoms with van der Waals surface area (Å²) in [5.74, 6) is 1.42. The summed E-state index contributed by atoms with van der Waals surface area (Å²) in [5, 5.41) is 9.51. The zero-order valence-electron chi connectivity index (χ0n) is 23.1. The lowest BCUT2D eigenvalue weighted by atomic mass is 9.65. The number of H-pyrrole nitrogens is 1. The van der Waals surface area contributed by atoms with E-state index in [1.807, 2.05) is 28.8 Å². The predicted octanol–water partition coefficient (Wildman–Crippen LogP) is 5.22. The minimum Gasteiger partial charge on any atom is -0.478 e. The number of hydrogen-bond acceptors (Lipinski definition) is 5. The van der Waals surface area contributed by atoms with Crippen LogP contribution in [0.4, 0.5) is 0 Å². The highest BCUT2D eigenvalue weighted by Gasteiger charge is 2.46. The van der Waals surface area contributed by atoms with E-state index in [4.69, 9.17) is 0 Å². The molecule has 8 heteroatoms. The van der Waals surface area contributed by atoms with E-state index in [1.54, 1.807) is 0 Å². The Kier molecular flexibility index (Phi) is 6.41. The van der Waals surface area contributed by atoms with Gasteiger partial charge in [0.05, 0.1) is 22.2 Å². The molecule has 7 rings (SSSR count). The third kappa shape index (κ3) is 4.41. The van der Waals surface area contributed by atoms with Crippen molar-refractivity contribution in [1.29, 1.82) is 0 Å². The van der Waals surface area contributed by atoms with Crippen LogP contribution in [-0.2, 0) is 0 Å². The number of benzene rings is 1. The van der Waals surface area contributed by atoms with Crippen LogP contribution in [0, 0.1) is 17.8 Å². The van der Waals surface area contributed by atoms with Crippen LogP contribution in [0.15, 0.2) is 46.1 Å². The second kappa shape index (κ2) is 9.98. The van der Waals surface area contributed by atoms with Gasteiger partial charge in [0.15, 0.2) is 0 Å². The van der Waals surface area contributed by atoms with Crippen molar-refractivity contribution in [1.82, 2.24) is 19.4 Å². The van der Waals surface area contributed by atoms with Crippen LogP contribution in [-0.4, -0.2) is 48.6 Å². The van der Waals surface area contributed by atoms with Crippen LogP contribution in [0.2, 0.25) is 0 Å². The first-order valence-corrected chi connectivity index (χ1v) is 15.1. The van der Waals surface area contributed by atoms with Crippen LogP contribution < -0.4 is 11.1 Å². The number of nitrogens with zero attached hydrogens (tertiary/aromatic N) is 3. The Balaban J connectivity index is 1.27. The lowest BCUT2D eigenvalue weighted by molar-refractivity contribution is -0.0524. The Morgan fingerprint density at radius 3 is 2.33 bits per heavy atom. The molecule has 2 aromatic heterocycles. The van der Waals surface area contributed by atoms with E-state index >= 15 is 0 Å². The third-order valence-electron chi connectivity index (χ3n) is 10.3. The largest absolute Gasteiger partial charge is 0.478 e. The summed E-state index contributed by atoms with van der Waals surface area (Å²) in [6.07, 6.45) is 13.4. The number of aromatic nitrogens is 3. The fraction of sp³-hybridized carbons (Fsp3) is 0.562. The number of para-hydroxylation sites is 2. The summed E-state index contributed by atoms with van der Waals surface area (Å²) >= 11 is 0. The quantitative estimate of drug-likeness (QED) is 0.468. The number of rotatable bonds is 4. The Morgan fingerprint density at radius 1 is 0.925 bits per heavy atom. The molecule has 2 aliphatic carbocycles. The molecule has 7 atom stereocenters. The number of piperidine rings is 2. The molecule has 0 spiro atoms. The van der Waals surface area contributed by atoms with E-state index in [9.17, 15) is 19.5 Å². The molecule has 4 bridgehead atoms. The van der Waals surface area contributed by atoms with Gasteiger partial charge in [-0.05, 0) is 93.7 Å². The van der Waals surface area contributed by atoms with E-state index in [2.05, 4.69) is 21.8 Å². The van der Waals surface area contributed by atoms with Crippen LogP contribution in [0.1, 0.15) is 87.5 Å². The Bertz CT molecular complexity index is 1550. The highest BCUT2D eigenvalue weighted by atomic mass is 16.4. The van der Waals surface area contributed by atoms with Crippen molar-refractivity contribution >= 4 is 17.0 Å². The minimum absolute atomic E-state index is 0.00464. The van der Waals surface area contributed by atoms with E-state index in [0.717, 1.165) is 42.3 Å². The molecule has 210 valence electrons. The zero-order valence-corrected chi connectivity index (χ0v) is 23.1. The number of nitrogens with one attached hydrogen (secondary N) is 1. The number of aromatic carboxylic acids is 1. The molecule has 0 unspecified atom stereocenters. The Hall–Kier alpha value is -3.26. The number of carboxylic acids is 1. The van der Waals surface area contributed by atoms with Crippen molar-refractivity contribution in [2.75, 3.05) is 0 Å². The lowest BCUT2D eigenvalue weighted by Crippen LogP contribution is -2.58. The van der Waals surface area contributed by atoms with Crippen LogP contribution >= 0.6 is 0 Å². The van der Waals surface area contributed by atoms with Crippen molar-refractivity contribution in [3.63, 3.8) is 0 Å². The smallest absolute Gasteiger partial charge is 0.337 e. The van der Waals surface area contributed by atoms with Crippen molar-refractivity contribution in [3.05, 3.63) is 62.8 Å². The van der Waals surface area contributed by atoms with Gasteiger partial charge in [-0.1, -0.05) is 25.5 Å². The minimum atomic E-state index is -1.17. The molecule has 4 aliphatic rings. The number of hydrogen-bond donors (Lipinski definition) is 2. The second-order valence-corrected chi connectivity index (χ2v) is 13.0. The Labute approximate surface area is 233 Å². The van der Waals surface area contributed by atoms with Crippen molar-refractivity contribution in [2.45, 2.75) is 95.3 Å². The third-order valence-corrected chi connectivity index (χ3v) is 10.3. The van der Waals surface area contributed by atoms with E-state index < -0.39 is 11.5 Å². The standard InChI is InChI=1S/C32H38N4O4/c1-18-9-19-11-20(10-18)13-24(12-19)35-22-5-4-6-23(35)16-25(15-22)36-28-8-3-2-7-27(28)34-29(31(36)38)26-14-21(32(39)40)17-33-30(26)37/h2-3,7-8,14,17-20,22-25H,4-6,9-13,15-16H2,1H3,(H,33,37)(H,39,40)/t18-,19-,20+,22-,23+,24+,25+. The van der Waals surface area contributed by atoms with E-state index in [0.29, 0.717) is 23.6 Å². The second-order valence-electron chi connectivity index (χ2n) is 13.0. The fourth-order valence-corrected chi connectivity index (χ4v) is 9.06. The highest BCUT2D eigenvalue weighted by molar-refractivity contribution is 5.89. The molecule has 2 saturated heterocycles. The summed E-state index contributed by atoms with van der Waals surface area (Å²) in [4.78, 5) is 48.6. The van der Waals surface area contributed by atoms with Crippen LogP contribution in [0.3, 0.4) is 0 Å². The van der Waals surface area contributed by atoms with Gasteiger partial charge >= 0.3 is 5.97 Å². The van der Waals surface area contributed by atoms with Gasteiger partial charge < -0.3 is 14.7 Å². The van der Waals surface area contributed by atoms with Gasteiger partial charge in [-0.3, -0.25) is 14.5 Å². The number of carboxylic acid groups (broad SMARTS) is 1. The lowest BCUT2D eigenvalue weighted by Gasteiger charge is -2.55. The van der Waals surface area contributed by atoms with Gasteiger partial charge in [0, 0.05) is 30.4 Å². The molecule has 3 aromatic rings. The Morgan fingerprint density at radius 2 is 1.62 bits per heavy atom. The molecule has 0 amide bonds. The highest BCUT2D eigenvalue weighted by Crippen LogP contribution is 2.48. The van der Waals surface area contributed by atoms with E-state index in [1.165, 1.54) is 57.4 Å². The monoisotopic (exact) mass is 542 g/mol. The molecule has 4 heterocycles. The molecule has 0 radical (unpaired) electrons. The summed E-state index contributed by atoms with van der Waals surface area (Å²) in [5.41, 5.74) is 0.531. The topological polar surface area (TPSA) is 108 Å². The van der Waals surface area contributed by atoms with Crippen molar-refractivity contribution in [3.8, 4) is 11.3 Å². The average Bonchev–Trinajstić information content (AvgIpc) is 2.91. The van der Waals surface area contributed by atoms with Gasteiger partial charge in [-0.2, -0.15) is 0 Å². The maximum atomic E-state index is 14.2. The zero-order chi connectivity index (χ0) is 27.5. The maximum Gasteiger partial charge on any atom is 0.337 e. The van der Waals surface area contributed by atoms with Gasteiger partial charge in [0.2, 0.25) is 0 Å². The molecular formula is C32H38N4O4. The van der Waals surface area contributed by atoms with Crippen LogP contribution in [0.5, 0.6) is 0 Å². The molecular weight excluding hydrogens is 504 g/mol. The van der Waals surface area contributed by atoms with Gasteiger partial charge in [0.1, 0.15) is 5.69 Å². The average molecular weight is 543 g/mol. The van der Waals surface area contributed by atoms with Crippen molar-refractivity contribution < 1.29 is 9.90 Å². The first-order chi connectivity index (χ1) is 19.4. The molecule has 8 nitrogen and oxygen atoms in total. The normalized spacial score (nSPS) is 32.2. The van der Waals surface area contributed by atoms with E-state index in [-0.39, 0.29) is 28.4 Å². The first-order valence-electron chi connectivity index (χ1n) is 15.1. The number of carbonyl (C=O) groups is 1. The first kappa shape index (κ1) is 25.7. The molecule has 1 aromatic carbocycles. The van der Waals surface area contributed by atoms with Gasteiger partial charge in [-0.25, -0.2) is 9.78 Å². The summed E-state index contributed by atoms with van der Waals surface area (Å²) in [6, 6.07) is 10.5. The van der Waals surface area contributed by atoms with Gasteiger partial charge in [0.25, 0.3) is 11.1 Å². The predicted molar refractivity (Wildman–Crippen MR) is 154 cm³/mol. The maximum absolute atomic E-state index is 14.2. The molecule has 2 aliphatic heterocycles. The number of pyridine rings is 1. The fourth-order valence-electron chi connectivity index (χ4n) is 9.06. The molecule has 40 heavy (non-hydrogen) atoms. The summed E-state index contributed by atoms with van der Waals surface area (Å²) in [7, 11) is 0. The summed E-state index contributed by atoms with van der Waals surface area (Å²) in [6.45, 7) is 2.43. The van der Waals surface area contributed by atoms with Crippen LogP contribution in [0.25, 0.3) is 22.3 Å².